The van der Waals surface area contributed by atoms with Gasteiger partial charge in [0, 0.05) is 12.2 Å². The van der Waals surface area contributed by atoms with Gasteiger partial charge in [0.2, 0.25) is 0 Å². The average molecular weight is 318 g/mol. The van der Waals surface area contributed by atoms with Crippen molar-refractivity contribution >= 4 is 11.8 Å². The minimum Gasteiger partial charge on any atom is -0.444 e. The molecule has 1 atom stereocenters. The molecule has 124 valence electrons. The van der Waals surface area contributed by atoms with Gasteiger partial charge in [0.1, 0.15) is 5.60 Å². The summed E-state index contributed by atoms with van der Waals surface area (Å²) in [5, 5.41) is 2.52. The van der Waals surface area contributed by atoms with E-state index in [-0.39, 0.29) is 5.56 Å². The highest BCUT2D eigenvalue weighted by atomic mass is 19.4. The fourth-order valence-corrected chi connectivity index (χ4v) is 1.92. The molecule has 0 fully saturated rings. The molecular formula is C15H21F3N2O2. The third-order valence-electron chi connectivity index (χ3n) is 2.92. The van der Waals surface area contributed by atoms with Crippen LogP contribution in [0.25, 0.3) is 0 Å². The number of amides is 1. The number of hydrogen-bond donors (Lipinski definition) is 2. The van der Waals surface area contributed by atoms with E-state index in [9.17, 15) is 18.0 Å². The Kier molecular flexibility index (Phi) is 5.45. The van der Waals surface area contributed by atoms with E-state index < -0.39 is 30.3 Å². The summed E-state index contributed by atoms with van der Waals surface area (Å²) in [5.74, 6) is -1.72. The Morgan fingerprint density at radius 1 is 1.32 bits per heavy atom. The molecule has 1 aromatic rings. The summed E-state index contributed by atoms with van der Waals surface area (Å²) in [6, 6.07) is 4.10. The molecule has 0 spiro atoms. The highest BCUT2D eigenvalue weighted by molar-refractivity contribution is 5.86. The van der Waals surface area contributed by atoms with Gasteiger partial charge in [0.25, 0.3) is 0 Å². The van der Waals surface area contributed by atoms with Crippen LogP contribution in [0.2, 0.25) is 0 Å². The fourth-order valence-electron chi connectivity index (χ4n) is 1.92. The maximum absolute atomic E-state index is 12.9. The maximum atomic E-state index is 12.9. The number of halogens is 3. The lowest BCUT2D eigenvalue weighted by Crippen LogP contribution is -2.28. The molecule has 0 aliphatic rings. The third kappa shape index (κ3) is 5.22. The van der Waals surface area contributed by atoms with Gasteiger partial charge in [-0.05, 0) is 44.9 Å². The number of nitrogens with two attached hydrogens (primary N) is 1. The summed E-state index contributed by atoms with van der Waals surface area (Å²) in [4.78, 5) is 11.7. The minimum atomic E-state index is -4.40. The van der Waals surface area contributed by atoms with Crippen LogP contribution in [-0.2, 0) is 4.74 Å². The summed E-state index contributed by atoms with van der Waals surface area (Å²) < 4.78 is 43.7. The minimum absolute atomic E-state index is 0.0715. The van der Waals surface area contributed by atoms with Gasteiger partial charge in [-0.15, -0.1) is 0 Å². The monoisotopic (exact) mass is 318 g/mol. The molecule has 1 unspecified atom stereocenters. The highest BCUT2D eigenvalue weighted by Crippen LogP contribution is 2.35. The number of carbonyl (C=O) groups is 1. The second-order valence-electron chi connectivity index (χ2n) is 6.03. The van der Waals surface area contributed by atoms with Crippen molar-refractivity contribution in [2.45, 2.75) is 45.4 Å². The number of aryl methyl sites for hydroxylation is 1. The molecule has 0 aromatic heterocycles. The molecule has 0 aliphatic heterocycles. The zero-order chi connectivity index (χ0) is 17.1. The molecule has 0 saturated heterocycles. The summed E-state index contributed by atoms with van der Waals surface area (Å²) in [7, 11) is 0. The molecule has 0 radical (unpaired) electrons. The van der Waals surface area contributed by atoms with Crippen LogP contribution in [0, 0.1) is 6.92 Å². The topological polar surface area (TPSA) is 64.3 Å². The number of benzene rings is 1. The van der Waals surface area contributed by atoms with E-state index >= 15 is 0 Å². The number of anilines is 1. The van der Waals surface area contributed by atoms with Gasteiger partial charge in [-0.25, -0.2) is 4.79 Å². The van der Waals surface area contributed by atoms with Crippen LogP contribution in [0.15, 0.2) is 18.2 Å². The van der Waals surface area contributed by atoms with Crippen molar-refractivity contribution in [3.05, 3.63) is 29.3 Å². The maximum Gasteiger partial charge on any atom is 0.412 e. The van der Waals surface area contributed by atoms with Gasteiger partial charge in [0.15, 0.2) is 0 Å². The average Bonchev–Trinajstić information content (AvgIpc) is 2.29. The van der Waals surface area contributed by atoms with E-state index in [1.807, 2.05) is 0 Å². The molecule has 1 amide bonds. The van der Waals surface area contributed by atoms with Crippen LogP contribution in [0.1, 0.15) is 37.8 Å². The van der Waals surface area contributed by atoms with Crippen LogP contribution in [-0.4, -0.2) is 24.4 Å². The van der Waals surface area contributed by atoms with Gasteiger partial charge in [0.05, 0.1) is 5.92 Å². The largest absolute Gasteiger partial charge is 0.444 e. The lowest BCUT2D eigenvalue weighted by atomic mass is 9.96. The van der Waals surface area contributed by atoms with Crippen LogP contribution in [0.4, 0.5) is 23.7 Å². The van der Waals surface area contributed by atoms with Crippen molar-refractivity contribution < 1.29 is 22.7 Å². The molecule has 0 saturated carbocycles. The zero-order valence-corrected chi connectivity index (χ0v) is 13.0. The van der Waals surface area contributed by atoms with Crippen LogP contribution in [0.5, 0.6) is 0 Å². The molecule has 0 bridgehead atoms. The Hall–Kier alpha value is -1.76. The predicted octanol–water partition coefficient (Wildman–Crippen LogP) is 3.95. The number of rotatable bonds is 3. The lowest BCUT2D eigenvalue weighted by molar-refractivity contribution is -0.148. The van der Waals surface area contributed by atoms with Gasteiger partial charge < -0.3 is 10.5 Å². The third-order valence-corrected chi connectivity index (χ3v) is 2.92. The number of hydrogen-bond acceptors (Lipinski definition) is 3. The first-order chi connectivity index (χ1) is 9.94. The van der Waals surface area contributed by atoms with E-state index in [0.29, 0.717) is 11.3 Å². The van der Waals surface area contributed by atoms with E-state index in [0.717, 1.165) is 0 Å². The van der Waals surface area contributed by atoms with Crippen molar-refractivity contribution in [1.82, 2.24) is 0 Å². The molecule has 22 heavy (non-hydrogen) atoms. The van der Waals surface area contributed by atoms with Gasteiger partial charge in [-0.2, -0.15) is 13.2 Å². The first kappa shape index (κ1) is 18.3. The number of nitrogens with one attached hydrogen (secondary N) is 1. The van der Waals surface area contributed by atoms with E-state index in [4.69, 9.17) is 10.5 Å². The molecule has 1 aromatic carbocycles. The SMILES string of the molecule is Cc1cc(C(CN)C(F)(F)F)ccc1NC(=O)OC(C)(C)C. The van der Waals surface area contributed by atoms with Crippen molar-refractivity contribution in [1.29, 1.82) is 0 Å². The smallest absolute Gasteiger partial charge is 0.412 e. The molecule has 0 heterocycles. The predicted molar refractivity (Wildman–Crippen MR) is 78.9 cm³/mol. The first-order valence-electron chi connectivity index (χ1n) is 6.81. The van der Waals surface area contributed by atoms with E-state index in [1.165, 1.54) is 18.2 Å². The Morgan fingerprint density at radius 3 is 2.32 bits per heavy atom. The first-order valence-corrected chi connectivity index (χ1v) is 6.81. The molecule has 4 nitrogen and oxygen atoms in total. The fraction of sp³-hybridized carbons (Fsp3) is 0.533. The Balaban J connectivity index is 2.93. The quantitative estimate of drug-likeness (QED) is 0.887. The van der Waals surface area contributed by atoms with Crippen molar-refractivity contribution in [3.63, 3.8) is 0 Å². The Morgan fingerprint density at radius 2 is 1.91 bits per heavy atom. The number of ether oxygens (including phenoxy) is 1. The summed E-state index contributed by atoms with van der Waals surface area (Å²) in [6.45, 7) is 6.25. The van der Waals surface area contributed by atoms with Crippen LogP contribution in [0.3, 0.4) is 0 Å². The molecule has 0 aliphatic carbocycles. The van der Waals surface area contributed by atoms with Crippen molar-refractivity contribution in [3.8, 4) is 0 Å². The summed E-state index contributed by atoms with van der Waals surface area (Å²) >= 11 is 0. The van der Waals surface area contributed by atoms with Gasteiger partial charge >= 0.3 is 12.3 Å². The molecular weight excluding hydrogens is 297 g/mol. The second kappa shape index (κ2) is 6.56. The molecule has 7 heteroatoms. The van der Waals surface area contributed by atoms with Crippen molar-refractivity contribution in [2.75, 3.05) is 11.9 Å². The molecule has 1 rings (SSSR count). The summed E-state index contributed by atoms with van der Waals surface area (Å²) in [5.41, 5.74) is 5.54. The van der Waals surface area contributed by atoms with Crippen LogP contribution < -0.4 is 11.1 Å². The van der Waals surface area contributed by atoms with E-state index in [1.54, 1.807) is 27.7 Å². The highest BCUT2D eigenvalue weighted by Gasteiger charge is 2.39. The number of alkyl halides is 3. The molecule has 3 N–H and O–H groups in total. The lowest BCUT2D eigenvalue weighted by Gasteiger charge is -2.22. The normalized spacial score (nSPS) is 13.6. The van der Waals surface area contributed by atoms with Crippen molar-refractivity contribution in [2.24, 2.45) is 5.73 Å². The Labute approximate surface area is 127 Å². The van der Waals surface area contributed by atoms with Gasteiger partial charge in [-0.3, -0.25) is 5.32 Å². The van der Waals surface area contributed by atoms with E-state index in [2.05, 4.69) is 5.32 Å². The Bertz CT molecular complexity index is 537. The van der Waals surface area contributed by atoms with Gasteiger partial charge in [-0.1, -0.05) is 12.1 Å². The summed E-state index contributed by atoms with van der Waals surface area (Å²) in [6.07, 6.45) is -5.06. The number of carbonyl (C=O) groups excluding carboxylic acids is 1. The zero-order valence-electron chi connectivity index (χ0n) is 13.0. The standard InChI is InChI=1S/C15H21F3N2O2/c1-9-7-10(11(8-19)15(16,17)18)5-6-12(9)20-13(21)22-14(2,3)4/h5-7,11H,8,19H2,1-4H3,(H,20,21). The second-order valence-corrected chi connectivity index (χ2v) is 6.03. The van der Waals surface area contributed by atoms with Crippen LogP contribution >= 0.6 is 0 Å².